The number of fused-ring (bicyclic) bond motifs is 14. The summed E-state index contributed by atoms with van der Waals surface area (Å²) in [6, 6.07) is 33.1. The van der Waals surface area contributed by atoms with Crippen molar-refractivity contribution in [1.82, 2.24) is 20.4 Å². The normalized spacial score (nSPS) is 15.8. The first-order valence-corrected chi connectivity index (χ1v) is 13.2. The molecule has 2 aromatic heterocycles. The number of aromatic nitrogens is 4. The van der Waals surface area contributed by atoms with Crippen LogP contribution >= 0.6 is 0 Å². The van der Waals surface area contributed by atoms with Gasteiger partial charge in [0.2, 0.25) is 0 Å². The zero-order valence-corrected chi connectivity index (χ0v) is 21.6. The molecule has 4 bridgehead atoms. The third-order valence-electron chi connectivity index (χ3n) is 7.16. The van der Waals surface area contributed by atoms with Gasteiger partial charge < -0.3 is 0 Å². The molecule has 0 fully saturated rings. The van der Waals surface area contributed by atoms with Gasteiger partial charge in [0, 0.05) is 21.5 Å². The van der Waals surface area contributed by atoms with Gasteiger partial charge in [0.25, 0.3) is 0 Å². The smallest absolute Gasteiger partial charge is 0.0936 e. The first-order chi connectivity index (χ1) is 19.8. The van der Waals surface area contributed by atoms with Gasteiger partial charge in [-0.2, -0.15) is 0 Å². The van der Waals surface area contributed by atoms with E-state index in [9.17, 15) is 0 Å². The summed E-state index contributed by atoms with van der Waals surface area (Å²) in [7, 11) is 0. The molecule has 0 radical (unpaired) electrons. The Kier molecular flexibility index (Phi) is 6.11. The van der Waals surface area contributed by atoms with Crippen LogP contribution in [0.1, 0.15) is 45.0 Å². The lowest BCUT2D eigenvalue weighted by Crippen LogP contribution is -1.94. The molecule has 0 saturated heterocycles. The number of hydrogen-bond acceptors (Lipinski definition) is 4. The topological polar surface area (TPSA) is 51.6 Å². The molecule has 1 aliphatic heterocycles. The summed E-state index contributed by atoms with van der Waals surface area (Å²) < 4.78 is 0. The highest BCUT2D eigenvalue weighted by molar-refractivity contribution is 5.99. The summed E-state index contributed by atoms with van der Waals surface area (Å²) in [6.45, 7) is 0. The zero-order chi connectivity index (χ0) is 26.7. The predicted octanol–water partition coefficient (Wildman–Crippen LogP) is 8.57. The van der Waals surface area contributed by atoms with E-state index in [1.807, 2.05) is 72.8 Å². The van der Waals surface area contributed by atoms with E-state index in [2.05, 4.69) is 93.2 Å². The lowest BCUT2D eigenvalue weighted by molar-refractivity contribution is 1.03. The van der Waals surface area contributed by atoms with E-state index >= 15 is 0 Å². The summed E-state index contributed by atoms with van der Waals surface area (Å²) in [4.78, 5) is 0. The van der Waals surface area contributed by atoms with E-state index in [-0.39, 0.29) is 0 Å². The van der Waals surface area contributed by atoms with Crippen molar-refractivity contribution in [2.45, 2.75) is 0 Å². The van der Waals surface area contributed by atoms with Gasteiger partial charge in [0.1, 0.15) is 0 Å². The average molecular weight is 513 g/mol. The predicted molar refractivity (Wildman–Crippen MR) is 168 cm³/mol. The van der Waals surface area contributed by atoms with E-state index in [1.54, 1.807) is 0 Å². The van der Waals surface area contributed by atoms with E-state index in [1.165, 1.54) is 0 Å². The third kappa shape index (κ3) is 4.52. The lowest BCUT2D eigenvalue weighted by Gasteiger charge is -2.07. The summed E-state index contributed by atoms with van der Waals surface area (Å²) in [6.07, 6.45) is 16.5. The fourth-order valence-electron chi connectivity index (χ4n) is 5.09. The van der Waals surface area contributed by atoms with Crippen LogP contribution in [-0.4, -0.2) is 20.4 Å². The van der Waals surface area contributed by atoms with Gasteiger partial charge in [0.05, 0.1) is 22.8 Å². The molecule has 0 N–H and O–H groups in total. The monoisotopic (exact) mass is 512 g/mol. The van der Waals surface area contributed by atoms with Gasteiger partial charge in [-0.15, -0.1) is 20.4 Å². The highest BCUT2D eigenvalue weighted by Crippen LogP contribution is 2.26. The van der Waals surface area contributed by atoms with Gasteiger partial charge in [-0.1, -0.05) is 121 Å². The van der Waals surface area contributed by atoms with Crippen molar-refractivity contribution >= 4 is 70.2 Å². The molecule has 0 saturated carbocycles. The van der Waals surface area contributed by atoms with Crippen LogP contribution in [0.15, 0.2) is 97.1 Å². The molecule has 4 heteroatoms. The molecular formula is C36H24N4. The highest BCUT2D eigenvalue weighted by atomic mass is 15.1. The van der Waals surface area contributed by atoms with Crippen LogP contribution in [0.4, 0.5) is 0 Å². The number of hydrogen-bond donors (Lipinski definition) is 0. The molecule has 4 aromatic carbocycles. The van der Waals surface area contributed by atoms with Crippen molar-refractivity contribution in [3.05, 3.63) is 142 Å². The van der Waals surface area contributed by atoms with Crippen molar-refractivity contribution in [2.24, 2.45) is 0 Å². The fourth-order valence-corrected chi connectivity index (χ4v) is 5.09. The lowest BCUT2D eigenvalue weighted by atomic mass is 10.0. The summed E-state index contributed by atoms with van der Waals surface area (Å²) >= 11 is 0. The SMILES string of the molecule is C1=C\c2nnc(c3ccccc23)/C=C\c2ccccc2/C=C\c2nnc(c3ccccc23)/C=C\c2ccccc2/1. The van der Waals surface area contributed by atoms with Crippen molar-refractivity contribution < 1.29 is 0 Å². The van der Waals surface area contributed by atoms with Crippen molar-refractivity contribution in [3.8, 4) is 0 Å². The molecule has 40 heavy (non-hydrogen) atoms. The van der Waals surface area contributed by atoms with Crippen LogP contribution < -0.4 is 0 Å². The first kappa shape index (κ1) is 23.6. The Labute approximate surface area is 232 Å². The molecule has 0 atom stereocenters. The van der Waals surface area contributed by atoms with Crippen LogP contribution in [0.5, 0.6) is 0 Å². The maximum absolute atomic E-state index is 4.61. The number of nitrogens with zero attached hydrogens (tertiary/aromatic N) is 4. The van der Waals surface area contributed by atoms with Gasteiger partial charge in [-0.25, -0.2) is 0 Å². The maximum atomic E-state index is 4.61. The van der Waals surface area contributed by atoms with Crippen LogP contribution in [0.3, 0.4) is 0 Å². The molecule has 7 rings (SSSR count). The van der Waals surface area contributed by atoms with Gasteiger partial charge >= 0.3 is 0 Å². The summed E-state index contributed by atoms with van der Waals surface area (Å²) in [5.41, 5.74) is 7.64. The molecule has 6 aromatic rings. The molecule has 4 nitrogen and oxygen atoms in total. The molecule has 3 heterocycles. The molecular weight excluding hydrogens is 488 g/mol. The Morgan fingerprint density at radius 2 is 0.475 bits per heavy atom. The summed E-state index contributed by atoms with van der Waals surface area (Å²) in [5, 5.41) is 22.7. The molecule has 0 unspecified atom stereocenters. The largest absolute Gasteiger partial charge is 0.150 e. The molecule has 0 aliphatic carbocycles. The average Bonchev–Trinajstić information content (AvgIpc) is 3.01. The Bertz CT molecular complexity index is 1720. The second kappa shape index (κ2) is 10.4. The fraction of sp³-hybridized carbons (Fsp3) is 0. The quantitative estimate of drug-likeness (QED) is 0.204. The minimum Gasteiger partial charge on any atom is -0.150 e. The van der Waals surface area contributed by atoms with Crippen molar-refractivity contribution in [1.29, 1.82) is 0 Å². The Morgan fingerprint density at radius 3 is 0.725 bits per heavy atom. The highest BCUT2D eigenvalue weighted by Gasteiger charge is 2.08. The van der Waals surface area contributed by atoms with Gasteiger partial charge in [-0.05, 0) is 46.6 Å². The van der Waals surface area contributed by atoms with Crippen LogP contribution in [0.2, 0.25) is 0 Å². The van der Waals surface area contributed by atoms with Crippen molar-refractivity contribution in [2.75, 3.05) is 0 Å². The van der Waals surface area contributed by atoms with E-state index < -0.39 is 0 Å². The van der Waals surface area contributed by atoms with Gasteiger partial charge in [0.15, 0.2) is 0 Å². The Hall–Kier alpha value is -5.48. The minimum atomic E-state index is 0.830. The Morgan fingerprint density at radius 1 is 0.250 bits per heavy atom. The second-order valence-corrected chi connectivity index (χ2v) is 9.62. The molecule has 0 amide bonds. The Balaban J connectivity index is 1.46. The number of rotatable bonds is 0. The molecule has 188 valence electrons. The van der Waals surface area contributed by atoms with Crippen molar-refractivity contribution in [3.63, 3.8) is 0 Å². The van der Waals surface area contributed by atoms with Crippen LogP contribution in [0, 0.1) is 0 Å². The maximum Gasteiger partial charge on any atom is 0.0936 e. The number of benzene rings is 4. The standard InChI is InChI=1S/C36H24N4/c1-2-10-26-18-22-34-31-15-7-8-16-32(31)36(40-38-34)24-20-28-12-4-3-11-27(28)19-23-35-30-14-6-5-13-29(30)33(37-39-35)21-17-25(26)9-1/h1-24H/b21-17-,22-18-,23-19-,24-20-,25-17?,26-18?,27-19?,28-20?,33-21?,34-22?,35-23?,36-24?. The van der Waals surface area contributed by atoms with Crippen LogP contribution in [-0.2, 0) is 0 Å². The van der Waals surface area contributed by atoms with Crippen LogP contribution in [0.25, 0.3) is 70.2 Å². The van der Waals surface area contributed by atoms with E-state index in [0.717, 1.165) is 66.6 Å². The van der Waals surface area contributed by atoms with E-state index in [0.29, 0.717) is 0 Å². The van der Waals surface area contributed by atoms with Gasteiger partial charge in [-0.3, -0.25) is 0 Å². The zero-order valence-electron chi connectivity index (χ0n) is 21.6. The summed E-state index contributed by atoms with van der Waals surface area (Å²) in [5.74, 6) is 0. The molecule has 0 spiro atoms. The third-order valence-corrected chi connectivity index (χ3v) is 7.16. The molecule has 1 aliphatic rings. The van der Waals surface area contributed by atoms with E-state index in [4.69, 9.17) is 0 Å². The first-order valence-electron chi connectivity index (χ1n) is 13.2. The minimum absolute atomic E-state index is 0.830. The second-order valence-electron chi connectivity index (χ2n) is 9.62.